The highest BCUT2D eigenvalue weighted by Gasteiger charge is 2.28. The molecular formula is C17H23F2N3O. The highest BCUT2D eigenvalue weighted by molar-refractivity contribution is 5.92. The van der Waals surface area contributed by atoms with Crippen LogP contribution in [0.4, 0.5) is 14.5 Å². The third kappa shape index (κ3) is 4.26. The highest BCUT2D eigenvalue weighted by atomic mass is 19.1. The predicted molar refractivity (Wildman–Crippen MR) is 85.2 cm³/mol. The molecule has 2 aliphatic rings. The molecule has 126 valence electrons. The highest BCUT2D eigenvalue weighted by Crippen LogP contribution is 2.25. The Hall–Kier alpha value is -1.53. The second kappa shape index (κ2) is 7.36. The van der Waals surface area contributed by atoms with E-state index in [1.165, 1.54) is 18.9 Å². The van der Waals surface area contributed by atoms with Gasteiger partial charge in [-0.3, -0.25) is 9.69 Å². The van der Waals surface area contributed by atoms with Gasteiger partial charge in [0.05, 0.1) is 12.2 Å². The molecule has 0 aromatic heterocycles. The van der Waals surface area contributed by atoms with Crippen molar-refractivity contribution in [3.05, 3.63) is 29.8 Å². The van der Waals surface area contributed by atoms with Gasteiger partial charge in [0.1, 0.15) is 11.6 Å². The van der Waals surface area contributed by atoms with Crippen LogP contribution < -0.4 is 10.6 Å². The number of likely N-dealkylation sites (tertiary alicyclic amines) is 1. The zero-order valence-corrected chi connectivity index (χ0v) is 13.2. The fourth-order valence-electron chi connectivity index (χ4n) is 3.61. The van der Waals surface area contributed by atoms with Crippen LogP contribution in [0.2, 0.25) is 0 Å². The molecule has 4 nitrogen and oxygen atoms in total. The first-order valence-corrected chi connectivity index (χ1v) is 8.32. The van der Waals surface area contributed by atoms with Crippen molar-refractivity contribution in [2.45, 2.75) is 31.7 Å². The summed E-state index contributed by atoms with van der Waals surface area (Å²) in [5.74, 6) is -0.952. The van der Waals surface area contributed by atoms with E-state index in [0.717, 1.165) is 44.6 Å². The summed E-state index contributed by atoms with van der Waals surface area (Å²) < 4.78 is 26.4. The number of hydrogen-bond donors (Lipinski definition) is 2. The van der Waals surface area contributed by atoms with Gasteiger partial charge in [-0.05, 0) is 63.4 Å². The smallest absolute Gasteiger partial charge is 0.238 e. The molecule has 0 radical (unpaired) electrons. The molecule has 2 heterocycles. The van der Waals surface area contributed by atoms with Crippen LogP contribution >= 0.6 is 0 Å². The Morgan fingerprint density at radius 2 is 2.04 bits per heavy atom. The normalized spacial score (nSPS) is 23.1. The number of halogens is 2. The lowest BCUT2D eigenvalue weighted by molar-refractivity contribution is -0.117. The molecule has 1 aromatic carbocycles. The van der Waals surface area contributed by atoms with Crippen molar-refractivity contribution >= 4 is 11.6 Å². The lowest BCUT2D eigenvalue weighted by Crippen LogP contribution is -2.43. The average Bonchev–Trinajstić information content (AvgIpc) is 3.05. The first-order chi connectivity index (χ1) is 11.1. The van der Waals surface area contributed by atoms with Gasteiger partial charge in [0.25, 0.3) is 0 Å². The van der Waals surface area contributed by atoms with Crippen LogP contribution in [0.1, 0.15) is 25.7 Å². The van der Waals surface area contributed by atoms with E-state index in [1.807, 2.05) is 0 Å². The Kier molecular flexibility index (Phi) is 5.23. The summed E-state index contributed by atoms with van der Waals surface area (Å²) in [6, 6.07) is 3.80. The minimum absolute atomic E-state index is 0.0291. The maximum absolute atomic E-state index is 13.5. The zero-order chi connectivity index (χ0) is 16.2. The third-order valence-corrected chi connectivity index (χ3v) is 4.87. The number of rotatable bonds is 4. The molecule has 1 atom stereocenters. The molecule has 2 N–H and O–H groups in total. The molecular weight excluding hydrogens is 300 g/mol. The van der Waals surface area contributed by atoms with Crippen molar-refractivity contribution in [2.75, 3.05) is 31.5 Å². The summed E-state index contributed by atoms with van der Waals surface area (Å²) in [6.45, 7) is 3.16. The second-order valence-electron chi connectivity index (χ2n) is 6.49. The molecule has 3 rings (SSSR count). The summed E-state index contributed by atoms with van der Waals surface area (Å²) in [4.78, 5) is 14.1. The van der Waals surface area contributed by atoms with Crippen LogP contribution in [0.3, 0.4) is 0 Å². The van der Waals surface area contributed by atoms with Crippen molar-refractivity contribution in [2.24, 2.45) is 5.92 Å². The Morgan fingerprint density at radius 1 is 1.26 bits per heavy atom. The maximum Gasteiger partial charge on any atom is 0.238 e. The SMILES string of the molecule is O=C(CN1CCC(C2CCCN2)CC1)Nc1ccc(F)cc1F. The predicted octanol–water partition coefficient (Wildman–Crippen LogP) is 2.37. The van der Waals surface area contributed by atoms with Crippen molar-refractivity contribution in [3.63, 3.8) is 0 Å². The summed E-state index contributed by atoms with van der Waals surface area (Å²) >= 11 is 0. The van der Waals surface area contributed by atoms with E-state index in [2.05, 4.69) is 15.5 Å². The first kappa shape index (κ1) is 16.3. The molecule has 2 fully saturated rings. The van der Waals surface area contributed by atoms with E-state index in [1.54, 1.807) is 0 Å². The second-order valence-corrected chi connectivity index (χ2v) is 6.49. The molecule has 1 aromatic rings. The van der Waals surface area contributed by atoms with Crippen molar-refractivity contribution in [1.82, 2.24) is 10.2 Å². The Labute approximate surface area is 135 Å². The number of benzene rings is 1. The zero-order valence-electron chi connectivity index (χ0n) is 13.2. The minimum Gasteiger partial charge on any atom is -0.322 e. The van der Waals surface area contributed by atoms with E-state index < -0.39 is 11.6 Å². The molecule has 2 aliphatic heterocycles. The van der Waals surface area contributed by atoms with E-state index in [0.29, 0.717) is 12.0 Å². The van der Waals surface area contributed by atoms with E-state index in [-0.39, 0.29) is 18.1 Å². The Morgan fingerprint density at radius 3 is 2.70 bits per heavy atom. The molecule has 1 unspecified atom stereocenters. The van der Waals surface area contributed by atoms with Crippen LogP contribution in [0, 0.1) is 17.6 Å². The van der Waals surface area contributed by atoms with Crippen molar-refractivity contribution < 1.29 is 13.6 Å². The van der Waals surface area contributed by atoms with Crippen molar-refractivity contribution in [1.29, 1.82) is 0 Å². The number of carbonyl (C=O) groups is 1. The van der Waals surface area contributed by atoms with Gasteiger partial charge in [0.2, 0.25) is 5.91 Å². The number of hydrogen-bond acceptors (Lipinski definition) is 3. The average molecular weight is 323 g/mol. The van der Waals surface area contributed by atoms with Gasteiger partial charge < -0.3 is 10.6 Å². The largest absolute Gasteiger partial charge is 0.322 e. The molecule has 2 saturated heterocycles. The molecule has 0 spiro atoms. The van der Waals surface area contributed by atoms with Gasteiger partial charge in [-0.25, -0.2) is 8.78 Å². The number of nitrogens with one attached hydrogen (secondary N) is 2. The van der Waals surface area contributed by atoms with Crippen LogP contribution in [-0.4, -0.2) is 43.0 Å². The standard InChI is InChI=1S/C17H23F2N3O/c18-13-3-4-16(14(19)10-13)21-17(23)11-22-8-5-12(6-9-22)15-2-1-7-20-15/h3-4,10,12,15,20H,1-2,5-9,11H2,(H,21,23). The quantitative estimate of drug-likeness (QED) is 0.894. The first-order valence-electron chi connectivity index (χ1n) is 8.32. The lowest BCUT2D eigenvalue weighted by Gasteiger charge is -2.34. The fourth-order valence-corrected chi connectivity index (χ4v) is 3.61. The van der Waals surface area contributed by atoms with Gasteiger partial charge in [-0.2, -0.15) is 0 Å². The number of nitrogens with zero attached hydrogens (tertiary/aromatic N) is 1. The van der Waals surface area contributed by atoms with Crippen molar-refractivity contribution in [3.8, 4) is 0 Å². The lowest BCUT2D eigenvalue weighted by atomic mass is 9.88. The molecule has 6 heteroatoms. The van der Waals surface area contributed by atoms with Gasteiger partial charge in [-0.15, -0.1) is 0 Å². The summed E-state index contributed by atoms with van der Waals surface area (Å²) in [6.07, 6.45) is 4.71. The van der Waals surface area contributed by atoms with Crippen LogP contribution in [0.25, 0.3) is 0 Å². The number of carbonyl (C=O) groups excluding carboxylic acids is 1. The number of amides is 1. The maximum atomic E-state index is 13.5. The Bertz CT molecular complexity index is 553. The fraction of sp³-hybridized carbons (Fsp3) is 0.588. The van der Waals surface area contributed by atoms with Crippen LogP contribution in [-0.2, 0) is 4.79 Å². The van der Waals surface area contributed by atoms with Crippen LogP contribution in [0.15, 0.2) is 18.2 Å². The molecule has 23 heavy (non-hydrogen) atoms. The molecule has 0 aliphatic carbocycles. The third-order valence-electron chi connectivity index (χ3n) is 4.87. The van der Waals surface area contributed by atoms with Crippen LogP contribution in [0.5, 0.6) is 0 Å². The molecule has 0 bridgehead atoms. The van der Waals surface area contributed by atoms with E-state index in [4.69, 9.17) is 0 Å². The van der Waals surface area contributed by atoms with Gasteiger partial charge in [0, 0.05) is 12.1 Å². The summed E-state index contributed by atoms with van der Waals surface area (Å²) in [7, 11) is 0. The van der Waals surface area contributed by atoms with E-state index in [9.17, 15) is 13.6 Å². The Balaban J connectivity index is 1.45. The molecule has 0 saturated carbocycles. The van der Waals surface area contributed by atoms with Gasteiger partial charge >= 0.3 is 0 Å². The minimum atomic E-state index is -0.746. The van der Waals surface area contributed by atoms with Gasteiger partial charge in [-0.1, -0.05) is 0 Å². The summed E-state index contributed by atoms with van der Waals surface area (Å²) in [5, 5.41) is 6.07. The summed E-state index contributed by atoms with van der Waals surface area (Å²) in [5.41, 5.74) is 0.0291. The number of anilines is 1. The monoisotopic (exact) mass is 323 g/mol. The van der Waals surface area contributed by atoms with Gasteiger partial charge in [0.15, 0.2) is 0 Å². The number of piperidine rings is 1. The van der Waals surface area contributed by atoms with E-state index >= 15 is 0 Å². The topological polar surface area (TPSA) is 44.4 Å². The molecule has 1 amide bonds.